The molecule has 0 bridgehead atoms. The van der Waals surface area contributed by atoms with Gasteiger partial charge in [-0.3, -0.25) is 0 Å². The molecule has 2 N–H and O–H groups in total. The average molecular weight is 263 g/mol. The Kier molecular flexibility index (Phi) is 4.12. The van der Waals surface area contributed by atoms with Crippen molar-refractivity contribution in [3.8, 4) is 11.5 Å². The Morgan fingerprint density at radius 3 is 2.53 bits per heavy atom. The second kappa shape index (κ2) is 5.80. The number of benzene rings is 2. The molecule has 2 rings (SSSR count). The highest BCUT2D eigenvalue weighted by Gasteiger charge is 2.08. The lowest BCUT2D eigenvalue weighted by atomic mass is 10.1. The van der Waals surface area contributed by atoms with E-state index in [0.717, 1.165) is 23.3 Å². The third-order valence-electron chi connectivity index (χ3n) is 2.75. The fourth-order valence-corrected chi connectivity index (χ4v) is 1.83. The van der Waals surface area contributed by atoms with Gasteiger partial charge >= 0.3 is 0 Å². The van der Waals surface area contributed by atoms with E-state index in [1.165, 1.54) is 6.07 Å². The molecular weight excluding hydrogens is 248 g/mol. The van der Waals surface area contributed by atoms with Crippen LogP contribution in [0.4, 0.5) is 8.78 Å². The second-order valence-corrected chi connectivity index (χ2v) is 4.33. The SMILES string of the molecule is Cc1ccc(Oc2ccc(F)c(F)c2)c(CCN)c1. The van der Waals surface area contributed by atoms with Gasteiger partial charge in [-0.05, 0) is 43.7 Å². The van der Waals surface area contributed by atoms with Crippen LogP contribution in [0.1, 0.15) is 11.1 Å². The Hall–Kier alpha value is -1.94. The van der Waals surface area contributed by atoms with E-state index in [1.54, 1.807) is 0 Å². The van der Waals surface area contributed by atoms with Crippen LogP contribution in [0.5, 0.6) is 11.5 Å². The molecule has 100 valence electrons. The molecule has 0 unspecified atom stereocenters. The van der Waals surface area contributed by atoms with Crippen molar-refractivity contribution in [2.24, 2.45) is 5.73 Å². The number of rotatable bonds is 4. The van der Waals surface area contributed by atoms with Gasteiger partial charge < -0.3 is 10.5 Å². The molecule has 0 atom stereocenters. The quantitative estimate of drug-likeness (QED) is 0.915. The van der Waals surface area contributed by atoms with Crippen LogP contribution in [0.3, 0.4) is 0 Å². The molecule has 0 aliphatic carbocycles. The Bertz CT molecular complexity index is 584. The molecule has 0 saturated carbocycles. The molecule has 0 aliphatic heterocycles. The number of hydrogen-bond donors (Lipinski definition) is 1. The fourth-order valence-electron chi connectivity index (χ4n) is 1.83. The molecule has 0 radical (unpaired) electrons. The highest BCUT2D eigenvalue weighted by atomic mass is 19.2. The maximum Gasteiger partial charge on any atom is 0.162 e. The number of nitrogens with two attached hydrogens (primary N) is 1. The van der Waals surface area contributed by atoms with Crippen LogP contribution in [0.2, 0.25) is 0 Å². The molecule has 0 aromatic heterocycles. The van der Waals surface area contributed by atoms with Gasteiger partial charge in [-0.1, -0.05) is 17.7 Å². The van der Waals surface area contributed by atoms with Crippen LogP contribution in [0.15, 0.2) is 36.4 Å². The van der Waals surface area contributed by atoms with Crippen molar-refractivity contribution >= 4 is 0 Å². The van der Waals surface area contributed by atoms with Crippen molar-refractivity contribution in [2.75, 3.05) is 6.54 Å². The molecule has 2 nitrogen and oxygen atoms in total. The van der Waals surface area contributed by atoms with Gasteiger partial charge in [-0.2, -0.15) is 0 Å². The minimum atomic E-state index is -0.926. The normalized spacial score (nSPS) is 10.5. The van der Waals surface area contributed by atoms with Gasteiger partial charge in [0, 0.05) is 6.07 Å². The molecule has 19 heavy (non-hydrogen) atoms. The molecule has 0 fully saturated rings. The molecule has 0 heterocycles. The van der Waals surface area contributed by atoms with Crippen molar-refractivity contribution in [3.05, 3.63) is 59.2 Å². The van der Waals surface area contributed by atoms with Crippen molar-refractivity contribution in [1.82, 2.24) is 0 Å². The summed E-state index contributed by atoms with van der Waals surface area (Å²) in [6.45, 7) is 2.47. The zero-order valence-corrected chi connectivity index (χ0v) is 10.6. The van der Waals surface area contributed by atoms with Crippen molar-refractivity contribution in [3.63, 3.8) is 0 Å². The number of ether oxygens (including phenoxy) is 1. The summed E-state index contributed by atoms with van der Waals surface area (Å²) in [5, 5.41) is 0. The second-order valence-electron chi connectivity index (χ2n) is 4.33. The molecule has 0 saturated heterocycles. The Labute approximate surface area is 110 Å². The lowest BCUT2D eigenvalue weighted by Crippen LogP contribution is -2.04. The molecule has 0 aliphatic rings. The van der Waals surface area contributed by atoms with E-state index in [1.807, 2.05) is 25.1 Å². The van der Waals surface area contributed by atoms with E-state index >= 15 is 0 Å². The zero-order valence-electron chi connectivity index (χ0n) is 10.6. The molecule has 4 heteroatoms. The van der Waals surface area contributed by atoms with Crippen molar-refractivity contribution in [2.45, 2.75) is 13.3 Å². The average Bonchev–Trinajstić information content (AvgIpc) is 2.37. The third kappa shape index (κ3) is 3.29. The van der Waals surface area contributed by atoms with Gasteiger partial charge in [-0.25, -0.2) is 8.78 Å². The lowest BCUT2D eigenvalue weighted by Gasteiger charge is -2.11. The van der Waals surface area contributed by atoms with Crippen LogP contribution < -0.4 is 10.5 Å². The maximum atomic E-state index is 13.1. The smallest absolute Gasteiger partial charge is 0.162 e. The minimum absolute atomic E-state index is 0.265. The first-order valence-electron chi connectivity index (χ1n) is 6.02. The topological polar surface area (TPSA) is 35.2 Å². The lowest BCUT2D eigenvalue weighted by molar-refractivity contribution is 0.457. The highest BCUT2D eigenvalue weighted by Crippen LogP contribution is 2.27. The zero-order chi connectivity index (χ0) is 13.8. The summed E-state index contributed by atoms with van der Waals surface area (Å²) in [5.41, 5.74) is 7.60. The van der Waals surface area contributed by atoms with Gasteiger partial charge in [0.25, 0.3) is 0 Å². The molecule has 2 aromatic carbocycles. The first-order chi connectivity index (χ1) is 9.10. The Morgan fingerprint density at radius 2 is 1.84 bits per heavy atom. The first kappa shape index (κ1) is 13.5. The van der Waals surface area contributed by atoms with Crippen LogP contribution in [-0.2, 0) is 6.42 Å². The van der Waals surface area contributed by atoms with Crippen molar-refractivity contribution in [1.29, 1.82) is 0 Å². The Morgan fingerprint density at radius 1 is 1.05 bits per heavy atom. The van der Waals surface area contributed by atoms with Gasteiger partial charge in [0.1, 0.15) is 11.5 Å². The van der Waals surface area contributed by atoms with E-state index in [0.29, 0.717) is 18.7 Å². The summed E-state index contributed by atoms with van der Waals surface area (Å²) in [5.74, 6) is -0.938. The number of aryl methyl sites for hydroxylation is 1. The highest BCUT2D eigenvalue weighted by molar-refractivity contribution is 5.40. The Balaban J connectivity index is 2.29. The molecule has 0 spiro atoms. The minimum Gasteiger partial charge on any atom is -0.457 e. The number of halogens is 2. The number of hydrogen-bond acceptors (Lipinski definition) is 2. The molecule has 2 aromatic rings. The van der Waals surface area contributed by atoms with E-state index in [4.69, 9.17) is 10.5 Å². The summed E-state index contributed by atoms with van der Waals surface area (Å²) in [7, 11) is 0. The van der Waals surface area contributed by atoms with E-state index < -0.39 is 11.6 Å². The predicted molar refractivity (Wildman–Crippen MR) is 70.4 cm³/mol. The van der Waals surface area contributed by atoms with Gasteiger partial charge in [-0.15, -0.1) is 0 Å². The summed E-state index contributed by atoms with van der Waals surface area (Å²) in [6, 6.07) is 9.15. The summed E-state index contributed by atoms with van der Waals surface area (Å²) in [4.78, 5) is 0. The van der Waals surface area contributed by atoms with Gasteiger partial charge in [0.15, 0.2) is 11.6 Å². The molecule has 0 amide bonds. The maximum absolute atomic E-state index is 13.1. The fraction of sp³-hybridized carbons (Fsp3) is 0.200. The largest absolute Gasteiger partial charge is 0.457 e. The predicted octanol–water partition coefficient (Wildman–Crippen LogP) is 3.57. The van der Waals surface area contributed by atoms with Crippen LogP contribution in [0, 0.1) is 18.6 Å². The summed E-state index contributed by atoms with van der Waals surface area (Å²) >= 11 is 0. The van der Waals surface area contributed by atoms with E-state index in [2.05, 4.69) is 0 Å². The third-order valence-corrected chi connectivity index (χ3v) is 2.75. The standard InChI is InChI=1S/C15H15F2NO/c1-10-2-5-15(11(8-10)6-7-18)19-12-3-4-13(16)14(17)9-12/h2-5,8-9H,6-7,18H2,1H3. The van der Waals surface area contributed by atoms with Crippen molar-refractivity contribution < 1.29 is 13.5 Å². The van der Waals surface area contributed by atoms with Gasteiger partial charge in [0.05, 0.1) is 0 Å². The van der Waals surface area contributed by atoms with Gasteiger partial charge in [0.2, 0.25) is 0 Å². The van der Waals surface area contributed by atoms with E-state index in [9.17, 15) is 8.78 Å². The summed E-state index contributed by atoms with van der Waals surface area (Å²) in [6.07, 6.45) is 0.667. The summed E-state index contributed by atoms with van der Waals surface area (Å²) < 4.78 is 31.6. The van der Waals surface area contributed by atoms with Crippen LogP contribution in [-0.4, -0.2) is 6.54 Å². The van der Waals surface area contributed by atoms with Crippen LogP contribution in [0.25, 0.3) is 0 Å². The van der Waals surface area contributed by atoms with E-state index in [-0.39, 0.29) is 5.75 Å². The molecular formula is C15H15F2NO. The first-order valence-corrected chi connectivity index (χ1v) is 6.02. The monoisotopic (exact) mass is 263 g/mol. The van der Waals surface area contributed by atoms with Crippen LogP contribution >= 0.6 is 0 Å².